The van der Waals surface area contributed by atoms with Crippen LogP contribution in [0, 0.1) is 5.82 Å². The number of rotatable bonds is 9. The van der Waals surface area contributed by atoms with Crippen molar-refractivity contribution < 1.29 is 23.5 Å². The van der Waals surface area contributed by atoms with Gasteiger partial charge >= 0.3 is 0 Å². The van der Waals surface area contributed by atoms with E-state index in [-0.39, 0.29) is 24.9 Å². The van der Waals surface area contributed by atoms with Gasteiger partial charge < -0.3 is 24.2 Å². The molecular weight excluding hydrogens is 501 g/mol. The van der Waals surface area contributed by atoms with Gasteiger partial charge in [-0.05, 0) is 61.0 Å². The molecule has 2 aromatic carbocycles. The van der Waals surface area contributed by atoms with Gasteiger partial charge in [0.05, 0.1) is 19.9 Å². The first-order valence-corrected chi connectivity index (χ1v) is 12.7. The number of nitrogens with zero attached hydrogens (tertiary/aromatic N) is 5. The summed E-state index contributed by atoms with van der Waals surface area (Å²) in [7, 11) is 3.18. The van der Waals surface area contributed by atoms with Crippen LogP contribution < -0.4 is 14.4 Å². The zero-order valence-electron chi connectivity index (χ0n) is 22.2. The summed E-state index contributed by atoms with van der Waals surface area (Å²) in [5.74, 6) is 1.07. The third kappa shape index (κ3) is 6.70. The highest BCUT2D eigenvalue weighted by Crippen LogP contribution is 2.31. The first-order valence-electron chi connectivity index (χ1n) is 12.7. The van der Waals surface area contributed by atoms with Crippen molar-refractivity contribution in [3.8, 4) is 22.8 Å². The van der Waals surface area contributed by atoms with Crippen LogP contribution in [-0.4, -0.2) is 85.3 Å². The van der Waals surface area contributed by atoms with Gasteiger partial charge in [-0.3, -0.25) is 9.59 Å². The van der Waals surface area contributed by atoms with E-state index in [1.807, 2.05) is 30.3 Å². The summed E-state index contributed by atoms with van der Waals surface area (Å²) in [6.45, 7) is 6.20. The fourth-order valence-corrected chi connectivity index (χ4v) is 4.45. The van der Waals surface area contributed by atoms with Crippen molar-refractivity contribution >= 4 is 17.6 Å². The second kappa shape index (κ2) is 12.9. The number of hydrogen-bond acceptors (Lipinski definition) is 7. The molecule has 4 rings (SSSR count). The molecule has 0 aliphatic carbocycles. The normalized spacial score (nSPS) is 13.4. The SMILES string of the molecule is C=CCN(CC(=O)N1CCCN(c2ccc(-c3ccc(OC)c(OC)c3)nn2)CC1)C(=O)c1ccc(F)cc1. The number of halogens is 1. The van der Waals surface area contributed by atoms with Crippen LogP contribution in [0.25, 0.3) is 11.3 Å². The lowest BCUT2D eigenvalue weighted by Gasteiger charge is -2.26. The van der Waals surface area contributed by atoms with E-state index in [2.05, 4.69) is 21.7 Å². The molecule has 2 amide bonds. The van der Waals surface area contributed by atoms with Crippen molar-refractivity contribution in [2.24, 2.45) is 0 Å². The molecule has 0 radical (unpaired) electrons. The van der Waals surface area contributed by atoms with Crippen LogP contribution in [0.15, 0.2) is 67.3 Å². The molecule has 1 aliphatic heterocycles. The van der Waals surface area contributed by atoms with Crippen molar-refractivity contribution in [2.45, 2.75) is 6.42 Å². The summed E-state index contributed by atoms with van der Waals surface area (Å²) in [5, 5.41) is 8.84. The van der Waals surface area contributed by atoms with Gasteiger partial charge in [-0.2, -0.15) is 0 Å². The second-order valence-corrected chi connectivity index (χ2v) is 9.05. The molecule has 1 fully saturated rings. The van der Waals surface area contributed by atoms with E-state index >= 15 is 0 Å². The molecule has 39 heavy (non-hydrogen) atoms. The summed E-state index contributed by atoms with van der Waals surface area (Å²) in [4.78, 5) is 31.3. The Bertz CT molecular complexity index is 1300. The van der Waals surface area contributed by atoms with Gasteiger partial charge in [0.2, 0.25) is 5.91 Å². The predicted molar refractivity (Wildman–Crippen MR) is 146 cm³/mol. The van der Waals surface area contributed by atoms with Crippen molar-refractivity contribution in [1.29, 1.82) is 0 Å². The van der Waals surface area contributed by atoms with Gasteiger partial charge in [-0.1, -0.05) is 6.08 Å². The molecule has 2 heterocycles. The molecule has 0 atom stereocenters. The van der Waals surface area contributed by atoms with E-state index in [0.717, 1.165) is 24.3 Å². The molecule has 0 saturated carbocycles. The number of benzene rings is 2. The Kier molecular flexibility index (Phi) is 9.09. The average molecular weight is 534 g/mol. The summed E-state index contributed by atoms with van der Waals surface area (Å²) in [6, 6.07) is 14.7. The van der Waals surface area contributed by atoms with Gasteiger partial charge in [-0.15, -0.1) is 16.8 Å². The molecule has 0 N–H and O–H groups in total. The molecule has 0 spiro atoms. The number of anilines is 1. The fourth-order valence-electron chi connectivity index (χ4n) is 4.45. The maximum Gasteiger partial charge on any atom is 0.254 e. The molecule has 3 aromatic rings. The molecule has 10 heteroatoms. The predicted octanol–water partition coefficient (Wildman–Crippen LogP) is 3.67. The second-order valence-electron chi connectivity index (χ2n) is 9.05. The van der Waals surface area contributed by atoms with Gasteiger partial charge in [0.25, 0.3) is 5.91 Å². The molecule has 1 saturated heterocycles. The number of amides is 2. The largest absolute Gasteiger partial charge is 0.493 e. The van der Waals surface area contributed by atoms with Gasteiger partial charge in [0.1, 0.15) is 12.4 Å². The molecule has 9 nitrogen and oxygen atoms in total. The minimum absolute atomic E-state index is 0.0813. The lowest BCUT2D eigenvalue weighted by Crippen LogP contribution is -2.44. The highest BCUT2D eigenvalue weighted by molar-refractivity contribution is 5.96. The van der Waals surface area contributed by atoms with E-state index in [4.69, 9.17) is 9.47 Å². The molecule has 1 aromatic heterocycles. The van der Waals surface area contributed by atoms with Crippen molar-refractivity contribution in [2.75, 3.05) is 58.4 Å². The van der Waals surface area contributed by atoms with Crippen molar-refractivity contribution in [1.82, 2.24) is 20.0 Å². The monoisotopic (exact) mass is 533 g/mol. The zero-order valence-corrected chi connectivity index (χ0v) is 22.2. The lowest BCUT2D eigenvalue weighted by molar-refractivity contribution is -0.131. The smallest absolute Gasteiger partial charge is 0.254 e. The van der Waals surface area contributed by atoms with E-state index < -0.39 is 5.82 Å². The third-order valence-corrected chi connectivity index (χ3v) is 6.56. The molecular formula is C29H32FN5O4. The molecule has 1 aliphatic rings. The topological polar surface area (TPSA) is 88.1 Å². The van der Waals surface area contributed by atoms with Crippen LogP contribution >= 0.6 is 0 Å². The number of ether oxygens (including phenoxy) is 2. The summed E-state index contributed by atoms with van der Waals surface area (Å²) < 4.78 is 24.0. The van der Waals surface area contributed by atoms with E-state index in [1.54, 1.807) is 25.2 Å². The third-order valence-electron chi connectivity index (χ3n) is 6.56. The lowest BCUT2D eigenvalue weighted by atomic mass is 10.1. The van der Waals surface area contributed by atoms with Crippen LogP contribution in [0.2, 0.25) is 0 Å². The van der Waals surface area contributed by atoms with Crippen molar-refractivity contribution in [3.05, 3.63) is 78.6 Å². The Morgan fingerprint density at radius 2 is 1.74 bits per heavy atom. The highest BCUT2D eigenvalue weighted by atomic mass is 19.1. The molecule has 204 valence electrons. The Morgan fingerprint density at radius 3 is 2.41 bits per heavy atom. The average Bonchev–Trinajstić information content (AvgIpc) is 3.23. The van der Waals surface area contributed by atoms with Crippen molar-refractivity contribution in [3.63, 3.8) is 0 Å². The Morgan fingerprint density at radius 1 is 0.974 bits per heavy atom. The fraction of sp³-hybridized carbons (Fsp3) is 0.310. The van der Waals surface area contributed by atoms with E-state index in [1.165, 1.54) is 29.2 Å². The summed E-state index contributed by atoms with van der Waals surface area (Å²) in [5.41, 5.74) is 1.89. The van der Waals surface area contributed by atoms with Crippen LogP contribution in [0.5, 0.6) is 11.5 Å². The first kappa shape index (κ1) is 27.6. The summed E-state index contributed by atoms with van der Waals surface area (Å²) in [6.07, 6.45) is 2.32. The Hall–Kier alpha value is -4.47. The summed E-state index contributed by atoms with van der Waals surface area (Å²) >= 11 is 0. The maximum absolute atomic E-state index is 13.3. The minimum atomic E-state index is -0.424. The number of carbonyl (C=O) groups is 2. The zero-order chi connectivity index (χ0) is 27.8. The molecule has 0 bridgehead atoms. The van der Waals surface area contributed by atoms with Gasteiger partial charge in [0.15, 0.2) is 17.3 Å². The van der Waals surface area contributed by atoms with E-state index in [9.17, 15) is 14.0 Å². The number of hydrogen-bond donors (Lipinski definition) is 0. The highest BCUT2D eigenvalue weighted by Gasteiger charge is 2.24. The van der Waals surface area contributed by atoms with Crippen LogP contribution in [0.1, 0.15) is 16.8 Å². The Labute approximate surface area is 227 Å². The first-order chi connectivity index (χ1) is 18.9. The van der Waals surface area contributed by atoms with Crippen LogP contribution in [0.3, 0.4) is 0 Å². The molecule has 0 unspecified atom stereocenters. The van der Waals surface area contributed by atoms with Gasteiger partial charge in [0, 0.05) is 43.9 Å². The van der Waals surface area contributed by atoms with Gasteiger partial charge in [-0.25, -0.2) is 4.39 Å². The van der Waals surface area contributed by atoms with E-state index in [0.29, 0.717) is 42.4 Å². The number of carbonyl (C=O) groups excluding carboxylic acids is 2. The standard InChI is InChI=1S/C29H32FN5O4/c1-4-14-35(29(37)21-6-9-23(30)10-7-21)20-28(36)34-16-5-15-33(17-18-34)27-13-11-24(31-32-27)22-8-12-25(38-2)26(19-22)39-3/h4,6-13,19H,1,5,14-18,20H2,2-3H3. The minimum Gasteiger partial charge on any atom is -0.493 e. The number of aromatic nitrogens is 2. The quantitative estimate of drug-likeness (QED) is 0.388. The number of methoxy groups -OCH3 is 2. The van der Waals surface area contributed by atoms with Crippen LogP contribution in [-0.2, 0) is 4.79 Å². The maximum atomic E-state index is 13.3. The Balaban J connectivity index is 1.38. The van der Waals surface area contributed by atoms with Crippen LogP contribution in [0.4, 0.5) is 10.2 Å².